The van der Waals surface area contributed by atoms with Gasteiger partial charge in [-0.1, -0.05) is 17.4 Å². The van der Waals surface area contributed by atoms with Crippen LogP contribution in [0.4, 0.5) is 5.13 Å². The first-order valence-corrected chi connectivity index (χ1v) is 12.6. The molecule has 10 heteroatoms. The third-order valence-electron chi connectivity index (χ3n) is 4.53. The van der Waals surface area contributed by atoms with Crippen molar-refractivity contribution in [3.63, 3.8) is 0 Å². The van der Waals surface area contributed by atoms with E-state index in [4.69, 9.17) is 0 Å². The van der Waals surface area contributed by atoms with Gasteiger partial charge >= 0.3 is 0 Å². The molecular formula is C19H20N4O3S3. The second kappa shape index (κ2) is 8.78. The number of thioether (sulfide) groups is 1. The molecule has 7 nitrogen and oxygen atoms in total. The number of nitrogens with zero attached hydrogens (tertiary/aromatic N) is 3. The Morgan fingerprint density at radius 2 is 2.07 bits per heavy atom. The number of fused-ring (bicyclic) bond motifs is 1. The van der Waals surface area contributed by atoms with Gasteiger partial charge in [0.15, 0.2) is 5.13 Å². The van der Waals surface area contributed by atoms with Gasteiger partial charge in [0.05, 0.1) is 20.9 Å². The lowest BCUT2D eigenvalue weighted by molar-refractivity contribution is -0.113. The van der Waals surface area contributed by atoms with Crippen LogP contribution in [0.1, 0.15) is 18.4 Å². The maximum absolute atomic E-state index is 12.7. The van der Waals surface area contributed by atoms with Crippen LogP contribution in [-0.4, -0.2) is 47.4 Å². The molecule has 3 aromatic rings. The fraction of sp³-hybridized carbons (Fsp3) is 0.316. The van der Waals surface area contributed by atoms with Gasteiger partial charge in [0.2, 0.25) is 15.9 Å². The number of rotatable bonds is 7. The van der Waals surface area contributed by atoms with E-state index in [1.54, 1.807) is 30.6 Å². The number of nitrogens with one attached hydrogen (secondary N) is 1. The highest BCUT2D eigenvalue weighted by atomic mass is 32.2. The van der Waals surface area contributed by atoms with Gasteiger partial charge in [-0.15, -0.1) is 11.8 Å². The minimum absolute atomic E-state index is 0.136. The van der Waals surface area contributed by atoms with Gasteiger partial charge in [-0.3, -0.25) is 9.78 Å². The molecule has 0 spiro atoms. The highest BCUT2D eigenvalue weighted by molar-refractivity contribution is 7.99. The van der Waals surface area contributed by atoms with Gasteiger partial charge in [-0.2, -0.15) is 4.31 Å². The summed E-state index contributed by atoms with van der Waals surface area (Å²) >= 11 is 2.78. The zero-order valence-corrected chi connectivity index (χ0v) is 18.0. The summed E-state index contributed by atoms with van der Waals surface area (Å²) in [7, 11) is -3.47. The van der Waals surface area contributed by atoms with Crippen molar-refractivity contribution in [2.24, 2.45) is 0 Å². The van der Waals surface area contributed by atoms with E-state index >= 15 is 0 Å². The Morgan fingerprint density at radius 1 is 1.24 bits per heavy atom. The Labute approximate surface area is 177 Å². The molecule has 1 fully saturated rings. The van der Waals surface area contributed by atoms with Gasteiger partial charge in [-0.05, 0) is 42.7 Å². The fourth-order valence-electron chi connectivity index (χ4n) is 3.10. The van der Waals surface area contributed by atoms with Gasteiger partial charge in [0, 0.05) is 31.2 Å². The molecule has 0 unspecified atom stereocenters. The number of carbonyl (C=O) groups is 1. The first-order valence-electron chi connectivity index (χ1n) is 9.19. The van der Waals surface area contributed by atoms with Crippen LogP contribution in [0.2, 0.25) is 0 Å². The number of amides is 1. The van der Waals surface area contributed by atoms with Crippen LogP contribution in [-0.2, 0) is 20.6 Å². The summed E-state index contributed by atoms with van der Waals surface area (Å²) in [5.41, 5.74) is 1.74. The van der Waals surface area contributed by atoms with E-state index in [1.165, 1.54) is 27.4 Å². The molecule has 3 heterocycles. The molecule has 1 aromatic carbocycles. The van der Waals surface area contributed by atoms with E-state index in [-0.39, 0.29) is 10.8 Å². The van der Waals surface area contributed by atoms with Crippen LogP contribution >= 0.6 is 23.1 Å². The summed E-state index contributed by atoms with van der Waals surface area (Å²) in [6.07, 6.45) is 5.30. The van der Waals surface area contributed by atoms with Gasteiger partial charge in [0.25, 0.3) is 0 Å². The number of thiazole rings is 1. The maximum atomic E-state index is 12.7. The van der Waals surface area contributed by atoms with Crippen molar-refractivity contribution in [2.75, 3.05) is 24.2 Å². The minimum atomic E-state index is -3.47. The molecule has 1 saturated heterocycles. The molecule has 1 N–H and O–H groups in total. The molecule has 0 atom stereocenters. The van der Waals surface area contributed by atoms with Crippen molar-refractivity contribution in [1.82, 2.24) is 14.3 Å². The number of aromatic nitrogens is 2. The van der Waals surface area contributed by atoms with Crippen LogP contribution < -0.4 is 5.32 Å². The molecule has 0 radical (unpaired) electrons. The Morgan fingerprint density at radius 3 is 2.83 bits per heavy atom. The van der Waals surface area contributed by atoms with E-state index in [0.717, 1.165) is 23.1 Å². The lowest BCUT2D eigenvalue weighted by Gasteiger charge is -2.15. The van der Waals surface area contributed by atoms with E-state index in [2.05, 4.69) is 15.3 Å². The molecule has 152 valence electrons. The van der Waals surface area contributed by atoms with Gasteiger partial charge in [0.1, 0.15) is 0 Å². The monoisotopic (exact) mass is 448 g/mol. The first-order chi connectivity index (χ1) is 14.0. The molecular weight excluding hydrogens is 428 g/mol. The summed E-state index contributed by atoms with van der Waals surface area (Å²) in [4.78, 5) is 20.9. The lowest BCUT2D eigenvalue weighted by atomic mass is 10.3. The SMILES string of the molecule is O=C(CSCc1cccnc1)Nc1nc2ccc(S(=O)(=O)N3CCCC3)cc2s1. The number of pyridine rings is 1. The Kier molecular flexibility index (Phi) is 6.14. The Bertz CT molecular complexity index is 1110. The predicted octanol–water partition coefficient (Wildman–Crippen LogP) is 3.35. The number of sulfonamides is 1. The van der Waals surface area contributed by atoms with Crippen molar-refractivity contribution in [1.29, 1.82) is 0 Å². The quantitative estimate of drug-likeness (QED) is 0.596. The average Bonchev–Trinajstić information content (AvgIpc) is 3.38. The maximum Gasteiger partial charge on any atom is 0.243 e. The summed E-state index contributed by atoms with van der Waals surface area (Å²) in [6.45, 7) is 1.14. The van der Waals surface area contributed by atoms with Crippen LogP contribution in [0, 0.1) is 0 Å². The summed E-state index contributed by atoms with van der Waals surface area (Å²) in [6, 6.07) is 8.77. The van der Waals surface area contributed by atoms with E-state index in [1.807, 2.05) is 12.1 Å². The number of hydrogen-bond acceptors (Lipinski definition) is 7. The van der Waals surface area contributed by atoms with E-state index in [9.17, 15) is 13.2 Å². The molecule has 0 saturated carbocycles. The van der Waals surface area contributed by atoms with Crippen LogP contribution in [0.5, 0.6) is 0 Å². The molecule has 2 aromatic heterocycles. The summed E-state index contributed by atoms with van der Waals surface area (Å²) in [5, 5.41) is 3.28. The average molecular weight is 449 g/mol. The lowest BCUT2D eigenvalue weighted by Crippen LogP contribution is -2.27. The summed E-state index contributed by atoms with van der Waals surface area (Å²) < 4.78 is 27.7. The van der Waals surface area contributed by atoms with Crippen LogP contribution in [0.15, 0.2) is 47.6 Å². The highest BCUT2D eigenvalue weighted by Gasteiger charge is 2.27. The first kappa shape index (κ1) is 20.3. The molecule has 29 heavy (non-hydrogen) atoms. The zero-order valence-electron chi connectivity index (χ0n) is 15.6. The second-order valence-corrected chi connectivity index (χ2v) is 10.6. The Balaban J connectivity index is 1.40. The largest absolute Gasteiger partial charge is 0.301 e. The zero-order chi connectivity index (χ0) is 20.3. The number of carbonyl (C=O) groups excluding carboxylic acids is 1. The fourth-order valence-corrected chi connectivity index (χ4v) is 6.40. The van der Waals surface area contributed by atoms with Gasteiger partial charge < -0.3 is 5.32 Å². The van der Waals surface area contributed by atoms with Crippen LogP contribution in [0.3, 0.4) is 0 Å². The highest BCUT2D eigenvalue weighted by Crippen LogP contribution is 2.30. The van der Waals surface area contributed by atoms with E-state index in [0.29, 0.717) is 35.2 Å². The molecule has 1 aliphatic heterocycles. The van der Waals surface area contributed by atoms with E-state index < -0.39 is 10.0 Å². The molecule has 1 aliphatic rings. The smallest absolute Gasteiger partial charge is 0.243 e. The van der Waals surface area contributed by atoms with Crippen molar-refractivity contribution < 1.29 is 13.2 Å². The number of anilines is 1. The molecule has 0 bridgehead atoms. The third kappa shape index (κ3) is 4.77. The van der Waals surface area contributed by atoms with Gasteiger partial charge in [-0.25, -0.2) is 13.4 Å². The van der Waals surface area contributed by atoms with Crippen molar-refractivity contribution in [3.8, 4) is 0 Å². The molecule has 1 amide bonds. The van der Waals surface area contributed by atoms with Crippen molar-refractivity contribution >= 4 is 54.4 Å². The standard InChI is InChI=1S/C19H20N4O3S3/c24-18(13-27-12-14-4-3-7-20-11-14)22-19-21-16-6-5-15(10-17(16)28-19)29(25,26)23-8-1-2-9-23/h3-7,10-11H,1-2,8-9,12-13H2,(H,21,22,24). The summed E-state index contributed by atoms with van der Waals surface area (Å²) in [5.74, 6) is 0.876. The normalized spacial score (nSPS) is 15.0. The topological polar surface area (TPSA) is 92.3 Å². The predicted molar refractivity (Wildman–Crippen MR) is 117 cm³/mol. The number of hydrogen-bond donors (Lipinski definition) is 1. The Hall–Kier alpha value is -2.01. The third-order valence-corrected chi connectivity index (χ3v) is 8.37. The minimum Gasteiger partial charge on any atom is -0.301 e. The second-order valence-electron chi connectivity index (χ2n) is 6.66. The van der Waals surface area contributed by atoms with Crippen molar-refractivity contribution in [2.45, 2.75) is 23.5 Å². The van der Waals surface area contributed by atoms with Crippen molar-refractivity contribution in [3.05, 3.63) is 48.3 Å². The van der Waals surface area contributed by atoms with Crippen LogP contribution in [0.25, 0.3) is 10.2 Å². The molecule has 4 rings (SSSR count). The number of benzene rings is 1. The molecule has 0 aliphatic carbocycles.